The van der Waals surface area contributed by atoms with Gasteiger partial charge in [-0.2, -0.15) is 0 Å². The minimum atomic E-state index is 0.0272. The molecule has 0 atom stereocenters. The molecule has 4 heteroatoms. The Morgan fingerprint density at radius 1 is 1.06 bits per heavy atom. The van der Waals surface area contributed by atoms with Crippen molar-refractivity contribution in [1.29, 1.82) is 0 Å². The van der Waals surface area contributed by atoms with Crippen molar-refractivity contribution in [3.63, 3.8) is 0 Å². The summed E-state index contributed by atoms with van der Waals surface area (Å²) in [7, 11) is 0. The highest BCUT2D eigenvalue weighted by molar-refractivity contribution is 7.15. The van der Waals surface area contributed by atoms with Crippen molar-refractivity contribution in [1.82, 2.24) is 14.5 Å². The molecule has 2 heterocycles. The predicted octanol–water partition coefficient (Wildman–Crippen LogP) is 4.06. The van der Waals surface area contributed by atoms with E-state index in [-0.39, 0.29) is 11.0 Å². The third-order valence-corrected chi connectivity index (χ3v) is 4.27. The van der Waals surface area contributed by atoms with Gasteiger partial charge in [0.1, 0.15) is 5.01 Å². The van der Waals surface area contributed by atoms with E-state index in [0.717, 1.165) is 10.7 Å². The van der Waals surface area contributed by atoms with E-state index in [1.54, 1.807) is 11.3 Å². The van der Waals surface area contributed by atoms with Gasteiger partial charge in [0.2, 0.25) is 0 Å². The maximum absolute atomic E-state index is 4.56. The van der Waals surface area contributed by atoms with Gasteiger partial charge < -0.3 is 4.57 Å². The summed E-state index contributed by atoms with van der Waals surface area (Å²) in [6.45, 7) is 13.2. The van der Waals surface area contributed by atoms with Crippen LogP contribution >= 0.6 is 11.3 Å². The van der Waals surface area contributed by atoms with Crippen molar-refractivity contribution < 1.29 is 0 Å². The summed E-state index contributed by atoms with van der Waals surface area (Å²) in [5, 5.41) is 1.05. The van der Waals surface area contributed by atoms with Gasteiger partial charge in [-0.15, -0.1) is 11.3 Å². The molecule has 0 aliphatic carbocycles. The minimum absolute atomic E-state index is 0.0272. The molecule has 98 valence electrons. The average Bonchev–Trinajstić information content (AvgIpc) is 2.84. The fraction of sp³-hybridized carbons (Fsp3) is 0.571. The van der Waals surface area contributed by atoms with Crippen molar-refractivity contribution in [2.45, 2.75) is 52.5 Å². The molecule has 3 nitrogen and oxygen atoms in total. The van der Waals surface area contributed by atoms with Crippen molar-refractivity contribution in [2.24, 2.45) is 0 Å². The van der Waals surface area contributed by atoms with E-state index < -0.39 is 0 Å². The monoisotopic (exact) mass is 263 g/mol. The van der Waals surface area contributed by atoms with Crippen molar-refractivity contribution in [3.8, 4) is 10.7 Å². The Kier molecular flexibility index (Phi) is 3.09. The molecule has 2 aromatic heterocycles. The summed E-state index contributed by atoms with van der Waals surface area (Å²) in [6.07, 6.45) is 5.77. The van der Waals surface area contributed by atoms with Gasteiger partial charge in [0, 0.05) is 16.6 Å². The first kappa shape index (κ1) is 13.3. The summed E-state index contributed by atoms with van der Waals surface area (Å²) >= 11 is 1.76. The molecule has 0 aromatic carbocycles. The lowest BCUT2D eigenvalue weighted by molar-refractivity contribution is 0.400. The molecule has 2 rings (SSSR count). The quantitative estimate of drug-likeness (QED) is 0.777. The molecule has 0 aliphatic heterocycles. The van der Waals surface area contributed by atoms with E-state index in [9.17, 15) is 0 Å². The van der Waals surface area contributed by atoms with Crippen LogP contribution in [0, 0.1) is 0 Å². The third-order valence-electron chi connectivity index (χ3n) is 2.83. The first-order valence-electron chi connectivity index (χ1n) is 6.19. The van der Waals surface area contributed by atoms with Gasteiger partial charge in [-0.1, -0.05) is 20.8 Å². The smallest absolute Gasteiger partial charge is 0.141 e. The zero-order chi connectivity index (χ0) is 13.6. The van der Waals surface area contributed by atoms with Crippen LogP contribution < -0.4 is 0 Å². The Morgan fingerprint density at radius 2 is 1.72 bits per heavy atom. The highest BCUT2D eigenvalue weighted by Crippen LogP contribution is 2.34. The fourth-order valence-corrected chi connectivity index (χ4v) is 2.71. The van der Waals surface area contributed by atoms with Crippen LogP contribution in [0.3, 0.4) is 0 Å². The first-order valence-corrected chi connectivity index (χ1v) is 7.01. The molecule has 0 fully saturated rings. The molecular weight excluding hydrogens is 242 g/mol. The summed E-state index contributed by atoms with van der Waals surface area (Å²) in [6, 6.07) is 0. The number of hydrogen-bond acceptors (Lipinski definition) is 3. The van der Waals surface area contributed by atoms with E-state index in [1.807, 2.05) is 18.7 Å². The fourth-order valence-electron chi connectivity index (χ4n) is 1.73. The second-order valence-electron chi connectivity index (χ2n) is 6.60. The van der Waals surface area contributed by atoms with E-state index in [2.05, 4.69) is 56.1 Å². The van der Waals surface area contributed by atoms with Crippen molar-refractivity contribution in [2.75, 3.05) is 0 Å². The van der Waals surface area contributed by atoms with E-state index in [4.69, 9.17) is 0 Å². The molecule has 0 radical (unpaired) electrons. The van der Waals surface area contributed by atoms with E-state index >= 15 is 0 Å². The van der Waals surface area contributed by atoms with E-state index in [0.29, 0.717) is 0 Å². The minimum Gasteiger partial charge on any atom is -0.323 e. The van der Waals surface area contributed by atoms with Crippen LogP contribution in [-0.2, 0) is 11.0 Å². The maximum Gasteiger partial charge on any atom is 0.141 e. The van der Waals surface area contributed by atoms with Gasteiger partial charge in [0.25, 0.3) is 0 Å². The molecule has 0 spiro atoms. The van der Waals surface area contributed by atoms with Crippen LogP contribution in [0.4, 0.5) is 0 Å². The van der Waals surface area contributed by atoms with Gasteiger partial charge in [-0.05, 0) is 26.2 Å². The molecular formula is C14H21N3S. The van der Waals surface area contributed by atoms with Crippen LogP contribution in [0.5, 0.6) is 0 Å². The molecule has 0 N–H and O–H groups in total. The zero-order valence-corrected chi connectivity index (χ0v) is 12.8. The SMILES string of the molecule is CC(C)(C)c1cnc(-c2cncn2C(C)(C)C)s1. The molecule has 18 heavy (non-hydrogen) atoms. The Hall–Kier alpha value is -1.16. The zero-order valence-electron chi connectivity index (χ0n) is 12.0. The molecule has 0 saturated heterocycles. The molecule has 0 unspecified atom stereocenters. The second kappa shape index (κ2) is 4.19. The Morgan fingerprint density at radius 3 is 2.22 bits per heavy atom. The van der Waals surface area contributed by atoms with Gasteiger partial charge in [0.05, 0.1) is 18.2 Å². The third kappa shape index (κ3) is 2.48. The first-order chi connectivity index (χ1) is 8.19. The normalized spacial score (nSPS) is 13.0. The predicted molar refractivity (Wildman–Crippen MR) is 77.0 cm³/mol. The van der Waals surface area contributed by atoms with Crippen LogP contribution in [0.25, 0.3) is 10.7 Å². The van der Waals surface area contributed by atoms with Gasteiger partial charge >= 0.3 is 0 Å². The lowest BCUT2D eigenvalue weighted by atomic mass is 9.96. The van der Waals surface area contributed by atoms with Crippen LogP contribution in [0.15, 0.2) is 18.7 Å². The summed E-state index contributed by atoms with van der Waals surface area (Å²) in [4.78, 5) is 10.1. The van der Waals surface area contributed by atoms with E-state index in [1.165, 1.54) is 4.88 Å². The second-order valence-corrected chi connectivity index (χ2v) is 7.63. The van der Waals surface area contributed by atoms with Gasteiger partial charge in [0.15, 0.2) is 0 Å². The highest BCUT2D eigenvalue weighted by atomic mass is 32.1. The maximum atomic E-state index is 4.56. The molecule has 0 aliphatic rings. The molecule has 0 saturated carbocycles. The number of rotatable bonds is 1. The Balaban J connectivity index is 2.45. The average molecular weight is 263 g/mol. The topological polar surface area (TPSA) is 30.7 Å². The van der Waals surface area contributed by atoms with Crippen molar-refractivity contribution >= 4 is 11.3 Å². The van der Waals surface area contributed by atoms with Crippen LogP contribution in [0.2, 0.25) is 0 Å². The number of nitrogens with zero attached hydrogens (tertiary/aromatic N) is 3. The van der Waals surface area contributed by atoms with Crippen LogP contribution in [0.1, 0.15) is 46.4 Å². The van der Waals surface area contributed by atoms with Gasteiger partial charge in [-0.25, -0.2) is 9.97 Å². The molecule has 0 amide bonds. The summed E-state index contributed by atoms with van der Waals surface area (Å²) in [5.41, 5.74) is 1.28. The highest BCUT2D eigenvalue weighted by Gasteiger charge is 2.22. The largest absolute Gasteiger partial charge is 0.323 e. The molecule has 2 aromatic rings. The lowest BCUT2D eigenvalue weighted by Gasteiger charge is -2.22. The Labute approximate surface area is 113 Å². The van der Waals surface area contributed by atoms with Crippen molar-refractivity contribution in [3.05, 3.63) is 23.6 Å². The number of thiazole rings is 1. The summed E-state index contributed by atoms with van der Waals surface area (Å²) in [5.74, 6) is 0. The van der Waals surface area contributed by atoms with Crippen LogP contribution in [-0.4, -0.2) is 14.5 Å². The number of hydrogen-bond donors (Lipinski definition) is 0. The molecule has 0 bridgehead atoms. The number of aromatic nitrogens is 3. The number of imidazole rings is 1. The van der Waals surface area contributed by atoms with Gasteiger partial charge in [-0.3, -0.25) is 0 Å². The standard InChI is InChI=1S/C14H21N3S/c1-13(2,3)11-8-16-12(18-11)10-7-15-9-17(10)14(4,5)6/h7-9H,1-6H3. The Bertz CT molecular complexity index is 538. The lowest BCUT2D eigenvalue weighted by Crippen LogP contribution is -2.21. The summed E-state index contributed by atoms with van der Waals surface area (Å²) < 4.78 is 2.18.